The largest absolute Gasteiger partial charge is 0.363 e. The van der Waals surface area contributed by atoms with Crippen molar-refractivity contribution < 1.29 is 8.42 Å². The molecule has 6 heteroatoms. The molecule has 0 radical (unpaired) electrons. The van der Waals surface area contributed by atoms with Crippen molar-refractivity contribution in [3.63, 3.8) is 0 Å². The van der Waals surface area contributed by atoms with Gasteiger partial charge in [0.15, 0.2) is 0 Å². The SMILES string of the molecule is CCCCN(C)S(=O)(=O)c1c[nH]c(CNCCC)c1. The first kappa shape index (κ1) is 16.2. The summed E-state index contributed by atoms with van der Waals surface area (Å²) in [4.78, 5) is 3.36. The molecule has 1 aromatic heterocycles. The number of aromatic amines is 1. The Labute approximate surface area is 116 Å². The van der Waals surface area contributed by atoms with Crippen LogP contribution in [0.2, 0.25) is 0 Å². The molecule has 1 rings (SSSR count). The second-order valence-corrected chi connectivity index (χ2v) is 6.76. The van der Waals surface area contributed by atoms with Crippen LogP contribution in [0.4, 0.5) is 0 Å². The van der Waals surface area contributed by atoms with E-state index in [0.717, 1.165) is 31.5 Å². The third kappa shape index (κ3) is 4.63. The van der Waals surface area contributed by atoms with Gasteiger partial charge in [0.05, 0.1) is 4.90 Å². The van der Waals surface area contributed by atoms with Crippen LogP contribution in [0.1, 0.15) is 38.8 Å². The highest BCUT2D eigenvalue weighted by molar-refractivity contribution is 7.89. The van der Waals surface area contributed by atoms with Crippen LogP contribution in [0.25, 0.3) is 0 Å². The Morgan fingerprint density at radius 1 is 1.32 bits per heavy atom. The van der Waals surface area contributed by atoms with Gasteiger partial charge in [-0.1, -0.05) is 20.3 Å². The number of hydrogen-bond donors (Lipinski definition) is 2. The van der Waals surface area contributed by atoms with Crippen LogP contribution in [0.15, 0.2) is 17.2 Å². The molecule has 0 spiro atoms. The summed E-state index contributed by atoms with van der Waals surface area (Å²) in [6, 6.07) is 1.71. The van der Waals surface area contributed by atoms with Gasteiger partial charge in [-0.2, -0.15) is 0 Å². The van der Waals surface area contributed by atoms with Gasteiger partial charge < -0.3 is 10.3 Å². The molecule has 110 valence electrons. The lowest BCUT2D eigenvalue weighted by atomic mass is 10.3. The van der Waals surface area contributed by atoms with Crippen LogP contribution in [-0.2, 0) is 16.6 Å². The van der Waals surface area contributed by atoms with Crippen LogP contribution in [0.5, 0.6) is 0 Å². The number of hydrogen-bond acceptors (Lipinski definition) is 3. The molecule has 5 nitrogen and oxygen atoms in total. The quantitative estimate of drug-likeness (QED) is 0.682. The zero-order valence-electron chi connectivity index (χ0n) is 12.1. The first-order valence-corrected chi connectivity index (χ1v) is 8.30. The predicted molar refractivity (Wildman–Crippen MR) is 77.5 cm³/mol. The van der Waals surface area contributed by atoms with Crippen LogP contribution in [0, 0.1) is 0 Å². The van der Waals surface area contributed by atoms with Gasteiger partial charge in [0.1, 0.15) is 0 Å². The molecule has 0 bridgehead atoms. The number of nitrogens with zero attached hydrogens (tertiary/aromatic N) is 1. The number of H-pyrrole nitrogens is 1. The minimum Gasteiger partial charge on any atom is -0.363 e. The van der Waals surface area contributed by atoms with Gasteiger partial charge in [-0.15, -0.1) is 0 Å². The predicted octanol–water partition coefficient (Wildman–Crippen LogP) is 1.93. The van der Waals surface area contributed by atoms with Gasteiger partial charge in [0.2, 0.25) is 10.0 Å². The van der Waals surface area contributed by atoms with E-state index in [1.165, 1.54) is 4.31 Å². The lowest BCUT2D eigenvalue weighted by Gasteiger charge is -2.15. The molecule has 0 fully saturated rings. The zero-order chi connectivity index (χ0) is 14.3. The number of nitrogens with one attached hydrogen (secondary N) is 2. The Bertz CT molecular complexity index is 468. The molecule has 0 aromatic carbocycles. The van der Waals surface area contributed by atoms with Crippen LogP contribution in [-0.4, -0.2) is 37.8 Å². The molecule has 0 atom stereocenters. The monoisotopic (exact) mass is 287 g/mol. The van der Waals surface area contributed by atoms with E-state index in [1.807, 2.05) is 6.92 Å². The van der Waals surface area contributed by atoms with Crippen molar-refractivity contribution in [2.24, 2.45) is 0 Å². The summed E-state index contributed by atoms with van der Waals surface area (Å²) in [6.45, 7) is 6.31. The molecule has 1 heterocycles. The molecule has 0 aliphatic carbocycles. The lowest BCUT2D eigenvalue weighted by Crippen LogP contribution is -2.27. The summed E-state index contributed by atoms with van der Waals surface area (Å²) in [5.74, 6) is 0. The van der Waals surface area contributed by atoms with Crippen LogP contribution in [0.3, 0.4) is 0 Å². The summed E-state index contributed by atoms with van der Waals surface area (Å²) >= 11 is 0. The van der Waals surface area contributed by atoms with Crippen molar-refractivity contribution in [1.29, 1.82) is 0 Å². The molecule has 19 heavy (non-hydrogen) atoms. The Balaban J connectivity index is 2.68. The van der Waals surface area contributed by atoms with E-state index in [1.54, 1.807) is 19.3 Å². The minimum atomic E-state index is -3.35. The summed E-state index contributed by atoms with van der Waals surface area (Å²) in [7, 11) is -1.71. The van der Waals surface area contributed by atoms with Crippen molar-refractivity contribution in [2.45, 2.75) is 44.6 Å². The third-order valence-electron chi connectivity index (χ3n) is 2.99. The molecule has 1 aromatic rings. The first-order valence-electron chi connectivity index (χ1n) is 6.86. The maximum Gasteiger partial charge on any atom is 0.244 e. The second-order valence-electron chi connectivity index (χ2n) is 4.72. The van der Waals surface area contributed by atoms with Gasteiger partial charge >= 0.3 is 0 Å². The average molecular weight is 287 g/mol. The molecule has 2 N–H and O–H groups in total. The molecule has 0 aliphatic heterocycles. The smallest absolute Gasteiger partial charge is 0.244 e. The number of rotatable bonds is 9. The Kier molecular flexibility index (Phi) is 6.54. The van der Waals surface area contributed by atoms with Gasteiger partial charge in [-0.3, -0.25) is 0 Å². The van der Waals surface area contributed by atoms with E-state index < -0.39 is 10.0 Å². The Morgan fingerprint density at radius 2 is 2.05 bits per heavy atom. The van der Waals surface area contributed by atoms with Crippen molar-refractivity contribution in [3.8, 4) is 0 Å². The standard InChI is InChI=1S/C13H25N3O2S/c1-4-6-8-16(3)19(17,18)13-9-12(15-11-13)10-14-7-5-2/h9,11,14-15H,4-8,10H2,1-3H3. The third-order valence-corrected chi connectivity index (χ3v) is 4.83. The average Bonchev–Trinajstić information content (AvgIpc) is 2.85. The summed E-state index contributed by atoms with van der Waals surface area (Å²) in [6.07, 6.45) is 4.50. The molecule has 0 saturated carbocycles. The zero-order valence-corrected chi connectivity index (χ0v) is 12.9. The fourth-order valence-electron chi connectivity index (χ4n) is 1.75. The van der Waals surface area contributed by atoms with Crippen LogP contribution < -0.4 is 5.32 Å². The molecule has 0 aliphatic rings. The summed E-state index contributed by atoms with van der Waals surface area (Å²) < 4.78 is 26.0. The summed E-state index contributed by atoms with van der Waals surface area (Å²) in [5, 5.41) is 3.24. The highest BCUT2D eigenvalue weighted by Crippen LogP contribution is 2.16. The second kappa shape index (κ2) is 7.67. The van der Waals surface area contributed by atoms with Crippen molar-refractivity contribution in [3.05, 3.63) is 18.0 Å². The summed E-state index contributed by atoms with van der Waals surface area (Å²) in [5.41, 5.74) is 0.899. The fourth-order valence-corrected chi connectivity index (χ4v) is 2.98. The number of sulfonamides is 1. The van der Waals surface area contributed by atoms with Gasteiger partial charge in [-0.25, -0.2) is 12.7 Å². The Hall–Kier alpha value is -0.850. The molecular formula is C13H25N3O2S. The van der Waals surface area contributed by atoms with Crippen molar-refractivity contribution in [1.82, 2.24) is 14.6 Å². The van der Waals surface area contributed by atoms with E-state index >= 15 is 0 Å². The van der Waals surface area contributed by atoms with Crippen molar-refractivity contribution in [2.75, 3.05) is 20.1 Å². The van der Waals surface area contributed by atoms with Crippen molar-refractivity contribution >= 4 is 10.0 Å². The number of aromatic nitrogens is 1. The molecular weight excluding hydrogens is 262 g/mol. The van der Waals surface area contributed by atoms with Gasteiger partial charge in [-0.05, 0) is 25.5 Å². The Morgan fingerprint density at radius 3 is 2.68 bits per heavy atom. The highest BCUT2D eigenvalue weighted by Gasteiger charge is 2.21. The van der Waals surface area contributed by atoms with E-state index in [4.69, 9.17) is 0 Å². The molecule has 0 unspecified atom stereocenters. The molecule has 0 amide bonds. The minimum absolute atomic E-state index is 0.347. The topological polar surface area (TPSA) is 65.2 Å². The van der Waals surface area contributed by atoms with Crippen LogP contribution >= 0.6 is 0 Å². The molecule has 0 saturated heterocycles. The number of unbranched alkanes of at least 4 members (excludes halogenated alkanes) is 1. The first-order chi connectivity index (χ1) is 9.02. The van der Waals surface area contributed by atoms with E-state index in [2.05, 4.69) is 17.2 Å². The van der Waals surface area contributed by atoms with E-state index in [0.29, 0.717) is 18.0 Å². The maximum atomic E-state index is 12.3. The van der Waals surface area contributed by atoms with E-state index in [-0.39, 0.29) is 0 Å². The maximum absolute atomic E-state index is 12.3. The fraction of sp³-hybridized carbons (Fsp3) is 0.692. The van der Waals surface area contributed by atoms with Gasteiger partial charge in [0, 0.05) is 32.0 Å². The normalized spacial score (nSPS) is 12.2. The van der Waals surface area contributed by atoms with Gasteiger partial charge in [0.25, 0.3) is 0 Å². The highest BCUT2D eigenvalue weighted by atomic mass is 32.2. The van der Waals surface area contributed by atoms with E-state index in [9.17, 15) is 8.42 Å². The lowest BCUT2D eigenvalue weighted by molar-refractivity contribution is 0.459.